The Morgan fingerprint density at radius 1 is 1.00 bits per heavy atom. The molecule has 0 saturated carbocycles. The highest BCUT2D eigenvalue weighted by Crippen LogP contribution is 2.17. The van der Waals surface area contributed by atoms with Crippen LogP contribution in [0.1, 0.15) is 29.3 Å². The molecule has 0 N–H and O–H groups in total. The van der Waals surface area contributed by atoms with Crippen molar-refractivity contribution >= 4 is 17.9 Å². The minimum absolute atomic E-state index is 0.332. The number of rotatable bonds is 7. The Kier molecular flexibility index (Phi) is 6.52. The standard InChI is InChI=1S/C23H20FNO3/c1-2-14-27-21-12-8-18(9-13-21)23(26)28-22-10-6-17(7-11-22)16-25-20-5-3-4-19(24)15-20/h3-13,15-16H,2,14H2,1H3. The summed E-state index contributed by atoms with van der Waals surface area (Å²) in [4.78, 5) is 16.5. The zero-order valence-corrected chi connectivity index (χ0v) is 15.5. The van der Waals surface area contributed by atoms with Crippen molar-refractivity contribution in [2.45, 2.75) is 13.3 Å². The largest absolute Gasteiger partial charge is 0.494 e. The van der Waals surface area contributed by atoms with E-state index in [-0.39, 0.29) is 5.82 Å². The summed E-state index contributed by atoms with van der Waals surface area (Å²) in [6, 6.07) is 19.8. The summed E-state index contributed by atoms with van der Waals surface area (Å²) in [5.74, 6) is 0.379. The second-order valence-corrected chi connectivity index (χ2v) is 6.07. The molecule has 3 aromatic rings. The third-order valence-electron chi connectivity index (χ3n) is 3.82. The maximum atomic E-state index is 13.2. The molecule has 3 aromatic carbocycles. The van der Waals surface area contributed by atoms with Crippen LogP contribution in [0.25, 0.3) is 0 Å². The Labute approximate surface area is 163 Å². The summed E-state index contributed by atoms with van der Waals surface area (Å²) in [7, 11) is 0. The van der Waals surface area contributed by atoms with Crippen molar-refractivity contribution in [3.05, 3.63) is 89.7 Å². The van der Waals surface area contributed by atoms with Crippen LogP contribution >= 0.6 is 0 Å². The lowest BCUT2D eigenvalue weighted by molar-refractivity contribution is 0.0734. The molecule has 0 fully saturated rings. The fourth-order valence-corrected chi connectivity index (χ4v) is 2.40. The Bertz CT molecular complexity index is 950. The second kappa shape index (κ2) is 9.46. The van der Waals surface area contributed by atoms with Gasteiger partial charge in [-0.25, -0.2) is 9.18 Å². The van der Waals surface area contributed by atoms with Gasteiger partial charge >= 0.3 is 5.97 Å². The Hall–Kier alpha value is -3.47. The van der Waals surface area contributed by atoms with Gasteiger partial charge in [0.2, 0.25) is 0 Å². The van der Waals surface area contributed by atoms with E-state index in [4.69, 9.17) is 9.47 Å². The molecule has 0 radical (unpaired) electrons. The van der Waals surface area contributed by atoms with Gasteiger partial charge in [0, 0.05) is 6.21 Å². The number of hydrogen-bond acceptors (Lipinski definition) is 4. The van der Waals surface area contributed by atoms with Gasteiger partial charge in [0.25, 0.3) is 0 Å². The highest BCUT2D eigenvalue weighted by Gasteiger charge is 2.08. The van der Waals surface area contributed by atoms with Crippen LogP contribution in [0.3, 0.4) is 0 Å². The molecule has 0 saturated heterocycles. The summed E-state index contributed by atoms with van der Waals surface area (Å²) in [5, 5.41) is 0. The van der Waals surface area contributed by atoms with Gasteiger partial charge in [0.05, 0.1) is 17.9 Å². The van der Waals surface area contributed by atoms with Crippen LogP contribution in [0.4, 0.5) is 10.1 Å². The molecule has 5 heteroatoms. The molecule has 0 unspecified atom stereocenters. The average Bonchev–Trinajstić information content (AvgIpc) is 2.72. The van der Waals surface area contributed by atoms with E-state index in [1.165, 1.54) is 12.1 Å². The lowest BCUT2D eigenvalue weighted by atomic mass is 10.2. The molecule has 142 valence electrons. The van der Waals surface area contributed by atoms with Crippen LogP contribution in [0, 0.1) is 5.82 Å². The quantitative estimate of drug-likeness (QED) is 0.307. The van der Waals surface area contributed by atoms with Gasteiger partial charge in [-0.2, -0.15) is 0 Å². The molecule has 0 aliphatic carbocycles. The number of benzene rings is 3. The number of halogens is 1. The van der Waals surface area contributed by atoms with E-state index in [1.807, 2.05) is 6.92 Å². The third kappa shape index (κ3) is 5.51. The van der Waals surface area contributed by atoms with E-state index in [9.17, 15) is 9.18 Å². The highest BCUT2D eigenvalue weighted by atomic mass is 19.1. The summed E-state index contributed by atoms with van der Waals surface area (Å²) >= 11 is 0. The third-order valence-corrected chi connectivity index (χ3v) is 3.82. The maximum absolute atomic E-state index is 13.2. The van der Waals surface area contributed by atoms with E-state index in [0.717, 1.165) is 17.7 Å². The van der Waals surface area contributed by atoms with Gasteiger partial charge in [0.1, 0.15) is 17.3 Å². The number of carbonyl (C=O) groups is 1. The number of esters is 1. The van der Waals surface area contributed by atoms with Gasteiger partial charge in [-0.3, -0.25) is 4.99 Å². The van der Waals surface area contributed by atoms with Gasteiger partial charge in [-0.05, 0) is 78.7 Å². The fraction of sp³-hybridized carbons (Fsp3) is 0.130. The summed E-state index contributed by atoms with van der Waals surface area (Å²) < 4.78 is 24.0. The molecule has 0 aliphatic rings. The second-order valence-electron chi connectivity index (χ2n) is 6.07. The van der Waals surface area contributed by atoms with Gasteiger partial charge in [-0.1, -0.05) is 13.0 Å². The maximum Gasteiger partial charge on any atom is 0.343 e. The topological polar surface area (TPSA) is 47.9 Å². The number of hydrogen-bond donors (Lipinski definition) is 0. The van der Waals surface area contributed by atoms with Crippen LogP contribution in [0.2, 0.25) is 0 Å². The zero-order valence-electron chi connectivity index (χ0n) is 15.5. The van der Waals surface area contributed by atoms with E-state index < -0.39 is 5.97 Å². The first-order valence-electron chi connectivity index (χ1n) is 8.99. The molecule has 0 aromatic heterocycles. The molecule has 0 heterocycles. The Balaban J connectivity index is 1.59. The summed E-state index contributed by atoms with van der Waals surface area (Å²) in [6.07, 6.45) is 2.54. The van der Waals surface area contributed by atoms with Crippen LogP contribution in [-0.4, -0.2) is 18.8 Å². The number of nitrogens with zero attached hydrogens (tertiary/aromatic N) is 1. The highest BCUT2D eigenvalue weighted by molar-refractivity contribution is 5.91. The van der Waals surface area contributed by atoms with Crippen LogP contribution in [0.15, 0.2) is 77.8 Å². The molecule has 0 atom stereocenters. The molecular weight excluding hydrogens is 357 g/mol. The lowest BCUT2D eigenvalue weighted by Crippen LogP contribution is -2.08. The fourth-order valence-electron chi connectivity index (χ4n) is 2.40. The van der Waals surface area contributed by atoms with E-state index >= 15 is 0 Å². The van der Waals surface area contributed by atoms with Crippen molar-refractivity contribution in [2.75, 3.05) is 6.61 Å². The van der Waals surface area contributed by atoms with Crippen LogP contribution in [-0.2, 0) is 0 Å². The number of aliphatic imine (C=N–C) groups is 1. The molecule has 0 bridgehead atoms. The van der Waals surface area contributed by atoms with Gasteiger partial charge in [-0.15, -0.1) is 0 Å². The Morgan fingerprint density at radius 3 is 2.39 bits per heavy atom. The first-order valence-corrected chi connectivity index (χ1v) is 8.99. The minimum Gasteiger partial charge on any atom is -0.494 e. The van der Waals surface area contributed by atoms with Crippen molar-refractivity contribution in [1.82, 2.24) is 0 Å². The molecular formula is C23H20FNO3. The molecule has 0 amide bonds. The minimum atomic E-state index is -0.441. The molecule has 28 heavy (non-hydrogen) atoms. The van der Waals surface area contributed by atoms with Crippen molar-refractivity contribution in [2.24, 2.45) is 4.99 Å². The van der Waals surface area contributed by atoms with Crippen LogP contribution < -0.4 is 9.47 Å². The molecule has 4 nitrogen and oxygen atoms in total. The number of carbonyl (C=O) groups excluding carboxylic acids is 1. The first-order chi connectivity index (χ1) is 13.6. The van der Waals surface area contributed by atoms with Crippen LogP contribution in [0.5, 0.6) is 11.5 Å². The van der Waals surface area contributed by atoms with Crippen molar-refractivity contribution in [3.63, 3.8) is 0 Å². The molecule has 3 rings (SSSR count). The zero-order chi connectivity index (χ0) is 19.8. The molecule has 0 aliphatic heterocycles. The molecule has 0 spiro atoms. The van der Waals surface area contributed by atoms with E-state index in [2.05, 4.69) is 4.99 Å². The van der Waals surface area contributed by atoms with Crippen molar-refractivity contribution in [3.8, 4) is 11.5 Å². The lowest BCUT2D eigenvalue weighted by Gasteiger charge is -2.07. The average molecular weight is 377 g/mol. The smallest absolute Gasteiger partial charge is 0.343 e. The summed E-state index contributed by atoms with van der Waals surface area (Å²) in [6.45, 7) is 2.67. The Morgan fingerprint density at radius 2 is 1.71 bits per heavy atom. The van der Waals surface area contributed by atoms with E-state index in [0.29, 0.717) is 23.6 Å². The summed E-state index contributed by atoms with van der Waals surface area (Å²) in [5.41, 5.74) is 1.78. The predicted octanol–water partition coefficient (Wildman–Crippen LogP) is 5.58. The van der Waals surface area contributed by atoms with Gasteiger partial charge in [0.15, 0.2) is 0 Å². The predicted molar refractivity (Wildman–Crippen MR) is 107 cm³/mol. The normalized spacial score (nSPS) is 10.8. The van der Waals surface area contributed by atoms with Gasteiger partial charge < -0.3 is 9.47 Å². The number of ether oxygens (including phenoxy) is 2. The monoisotopic (exact) mass is 377 g/mol. The first kappa shape index (κ1) is 19.3. The van der Waals surface area contributed by atoms with Crippen molar-refractivity contribution < 1.29 is 18.7 Å². The van der Waals surface area contributed by atoms with E-state index in [1.54, 1.807) is 66.9 Å². The SMILES string of the molecule is CCCOc1ccc(C(=O)Oc2ccc(C=Nc3cccc(F)c3)cc2)cc1. The van der Waals surface area contributed by atoms with Crippen molar-refractivity contribution in [1.29, 1.82) is 0 Å².